The standard InChI is InChI=1S/C20H19N5O3/c1-14-18-17(20(28)24(21-14)13-7-10-16(26)27)19(23-11-5-6-12-23)25(22-18)15-8-3-2-4-9-15/h2-6,8-9,11-12H,7,10,13H2,1H3,(H,26,27). The summed E-state index contributed by atoms with van der Waals surface area (Å²) in [6.07, 6.45) is 4.04. The molecule has 0 aliphatic heterocycles. The van der Waals surface area contributed by atoms with Crippen molar-refractivity contribution in [2.45, 2.75) is 26.3 Å². The number of rotatable bonds is 6. The van der Waals surface area contributed by atoms with Gasteiger partial charge in [0.05, 0.1) is 11.4 Å². The molecule has 0 radical (unpaired) electrons. The Balaban J connectivity index is 1.96. The molecule has 0 aliphatic carbocycles. The minimum Gasteiger partial charge on any atom is -0.481 e. The molecule has 0 spiro atoms. The first-order valence-corrected chi connectivity index (χ1v) is 8.97. The van der Waals surface area contributed by atoms with Gasteiger partial charge >= 0.3 is 5.97 Å². The van der Waals surface area contributed by atoms with Gasteiger partial charge < -0.3 is 9.67 Å². The van der Waals surface area contributed by atoms with Crippen LogP contribution >= 0.6 is 0 Å². The Bertz CT molecular complexity index is 1190. The molecule has 1 N–H and O–H groups in total. The van der Waals surface area contributed by atoms with Crippen molar-refractivity contribution in [3.63, 3.8) is 0 Å². The zero-order valence-electron chi connectivity index (χ0n) is 15.3. The molecule has 0 amide bonds. The van der Waals surface area contributed by atoms with Crippen molar-refractivity contribution in [3.8, 4) is 11.5 Å². The highest BCUT2D eigenvalue weighted by atomic mass is 16.4. The zero-order chi connectivity index (χ0) is 19.7. The molecule has 3 heterocycles. The Kier molecular flexibility index (Phi) is 4.52. The Hall–Kier alpha value is -3.68. The summed E-state index contributed by atoms with van der Waals surface area (Å²) in [5.41, 5.74) is 1.70. The van der Waals surface area contributed by atoms with Gasteiger partial charge in [-0.2, -0.15) is 10.2 Å². The minimum atomic E-state index is -0.893. The molecule has 0 aliphatic rings. The second kappa shape index (κ2) is 7.15. The molecule has 142 valence electrons. The number of benzene rings is 1. The van der Waals surface area contributed by atoms with Gasteiger partial charge in [-0.15, -0.1) is 0 Å². The van der Waals surface area contributed by atoms with Crippen molar-refractivity contribution in [3.05, 3.63) is 70.9 Å². The number of hydrogen-bond donors (Lipinski definition) is 1. The second-order valence-electron chi connectivity index (χ2n) is 6.50. The minimum absolute atomic E-state index is 0.0149. The van der Waals surface area contributed by atoms with Crippen LogP contribution in [0.3, 0.4) is 0 Å². The SMILES string of the molecule is Cc1nn(CCCC(=O)O)c(=O)c2c(-n3cccc3)n(-c3ccccc3)nc12. The molecule has 0 atom stereocenters. The van der Waals surface area contributed by atoms with E-state index in [4.69, 9.17) is 5.11 Å². The number of aliphatic carboxylic acids is 1. The molecule has 4 rings (SSSR count). The highest BCUT2D eigenvalue weighted by Gasteiger charge is 2.21. The molecular formula is C20H19N5O3. The lowest BCUT2D eigenvalue weighted by Crippen LogP contribution is -2.25. The first-order valence-electron chi connectivity index (χ1n) is 8.97. The van der Waals surface area contributed by atoms with E-state index in [0.717, 1.165) is 5.69 Å². The molecule has 8 heteroatoms. The maximum Gasteiger partial charge on any atom is 0.303 e. The van der Waals surface area contributed by atoms with Crippen molar-refractivity contribution in [2.24, 2.45) is 0 Å². The van der Waals surface area contributed by atoms with Crippen LogP contribution in [0.1, 0.15) is 18.5 Å². The van der Waals surface area contributed by atoms with Crippen LogP contribution in [0.15, 0.2) is 59.7 Å². The number of carbonyl (C=O) groups is 1. The highest BCUT2D eigenvalue weighted by molar-refractivity contribution is 5.87. The third kappa shape index (κ3) is 3.09. The van der Waals surface area contributed by atoms with Crippen LogP contribution in [0.4, 0.5) is 0 Å². The van der Waals surface area contributed by atoms with Gasteiger partial charge in [-0.25, -0.2) is 9.36 Å². The maximum absolute atomic E-state index is 13.2. The van der Waals surface area contributed by atoms with E-state index in [1.165, 1.54) is 4.68 Å². The number of aryl methyl sites for hydroxylation is 2. The number of aromatic nitrogens is 5. The summed E-state index contributed by atoms with van der Waals surface area (Å²) in [6, 6.07) is 13.4. The van der Waals surface area contributed by atoms with Crippen LogP contribution in [-0.4, -0.2) is 35.2 Å². The smallest absolute Gasteiger partial charge is 0.303 e. The van der Waals surface area contributed by atoms with Gasteiger partial charge in [0.1, 0.15) is 10.9 Å². The van der Waals surface area contributed by atoms with E-state index in [1.807, 2.05) is 59.4 Å². The monoisotopic (exact) mass is 377 g/mol. The number of nitrogens with zero attached hydrogens (tertiary/aromatic N) is 5. The van der Waals surface area contributed by atoms with Gasteiger partial charge in [-0.3, -0.25) is 9.59 Å². The molecule has 4 aromatic rings. The van der Waals surface area contributed by atoms with E-state index < -0.39 is 5.97 Å². The first kappa shape index (κ1) is 17.7. The molecule has 0 saturated heterocycles. The third-order valence-electron chi connectivity index (χ3n) is 4.53. The van der Waals surface area contributed by atoms with Crippen LogP contribution < -0.4 is 5.56 Å². The molecular weight excluding hydrogens is 358 g/mol. The average molecular weight is 377 g/mol. The maximum atomic E-state index is 13.2. The van der Waals surface area contributed by atoms with Crippen molar-refractivity contribution in [1.82, 2.24) is 24.1 Å². The van der Waals surface area contributed by atoms with Crippen molar-refractivity contribution in [1.29, 1.82) is 0 Å². The normalized spacial score (nSPS) is 11.2. The van der Waals surface area contributed by atoms with E-state index >= 15 is 0 Å². The van der Waals surface area contributed by atoms with Gasteiger partial charge in [-0.05, 0) is 37.6 Å². The summed E-state index contributed by atoms with van der Waals surface area (Å²) in [7, 11) is 0. The predicted octanol–water partition coefficient (Wildman–Crippen LogP) is 2.55. The van der Waals surface area contributed by atoms with E-state index in [1.54, 1.807) is 11.6 Å². The number of para-hydroxylation sites is 1. The largest absolute Gasteiger partial charge is 0.481 e. The molecule has 28 heavy (non-hydrogen) atoms. The van der Waals surface area contributed by atoms with Gasteiger partial charge in [0, 0.05) is 25.4 Å². The van der Waals surface area contributed by atoms with E-state index in [2.05, 4.69) is 10.2 Å². The van der Waals surface area contributed by atoms with Crippen LogP contribution in [0.5, 0.6) is 0 Å². The van der Waals surface area contributed by atoms with Crippen molar-refractivity contribution in [2.75, 3.05) is 0 Å². The lowest BCUT2D eigenvalue weighted by atomic mass is 10.2. The fourth-order valence-corrected chi connectivity index (χ4v) is 3.26. The summed E-state index contributed by atoms with van der Waals surface area (Å²) >= 11 is 0. The highest BCUT2D eigenvalue weighted by Crippen LogP contribution is 2.24. The van der Waals surface area contributed by atoms with Crippen molar-refractivity contribution >= 4 is 16.9 Å². The van der Waals surface area contributed by atoms with Crippen LogP contribution in [-0.2, 0) is 11.3 Å². The van der Waals surface area contributed by atoms with Gasteiger partial charge in [0.2, 0.25) is 0 Å². The fraction of sp³-hybridized carbons (Fsp3) is 0.200. The van der Waals surface area contributed by atoms with Crippen molar-refractivity contribution < 1.29 is 9.90 Å². The molecule has 8 nitrogen and oxygen atoms in total. The quantitative estimate of drug-likeness (QED) is 0.557. The number of hydrogen-bond acceptors (Lipinski definition) is 4. The Labute approximate surface area is 160 Å². The molecule has 0 saturated carbocycles. The first-order chi connectivity index (χ1) is 13.6. The van der Waals surface area contributed by atoms with Gasteiger partial charge in [-0.1, -0.05) is 18.2 Å². The number of carboxylic acid groups (broad SMARTS) is 1. The van der Waals surface area contributed by atoms with Gasteiger partial charge in [0.15, 0.2) is 5.82 Å². The summed E-state index contributed by atoms with van der Waals surface area (Å²) < 4.78 is 4.93. The summed E-state index contributed by atoms with van der Waals surface area (Å²) in [6.45, 7) is 2.04. The Morgan fingerprint density at radius 2 is 1.79 bits per heavy atom. The lowest BCUT2D eigenvalue weighted by Gasteiger charge is -2.09. The number of carboxylic acids is 1. The van der Waals surface area contributed by atoms with E-state index in [9.17, 15) is 9.59 Å². The summed E-state index contributed by atoms with van der Waals surface area (Å²) in [4.78, 5) is 24.0. The molecule has 1 aromatic carbocycles. The van der Waals surface area contributed by atoms with E-state index in [-0.39, 0.29) is 18.5 Å². The van der Waals surface area contributed by atoms with E-state index in [0.29, 0.717) is 28.8 Å². The summed E-state index contributed by atoms with van der Waals surface area (Å²) in [5.74, 6) is -0.260. The molecule has 0 unspecified atom stereocenters. The Morgan fingerprint density at radius 3 is 2.46 bits per heavy atom. The number of fused-ring (bicyclic) bond motifs is 1. The average Bonchev–Trinajstić information content (AvgIpc) is 3.33. The fourth-order valence-electron chi connectivity index (χ4n) is 3.26. The Morgan fingerprint density at radius 1 is 1.07 bits per heavy atom. The third-order valence-corrected chi connectivity index (χ3v) is 4.53. The molecule has 0 bridgehead atoms. The lowest BCUT2D eigenvalue weighted by molar-refractivity contribution is -0.137. The van der Waals surface area contributed by atoms with Crippen LogP contribution in [0, 0.1) is 6.92 Å². The predicted molar refractivity (Wildman–Crippen MR) is 104 cm³/mol. The summed E-state index contributed by atoms with van der Waals surface area (Å²) in [5, 5.41) is 18.4. The van der Waals surface area contributed by atoms with Crippen LogP contribution in [0.2, 0.25) is 0 Å². The van der Waals surface area contributed by atoms with Crippen LogP contribution in [0.25, 0.3) is 22.4 Å². The molecule has 3 aromatic heterocycles. The molecule has 0 fully saturated rings. The second-order valence-corrected chi connectivity index (χ2v) is 6.50. The zero-order valence-corrected chi connectivity index (χ0v) is 15.3. The topological polar surface area (TPSA) is 94.9 Å². The van der Waals surface area contributed by atoms with Gasteiger partial charge in [0.25, 0.3) is 5.56 Å².